The van der Waals surface area contributed by atoms with Gasteiger partial charge in [-0.15, -0.1) is 0 Å². The molecular weight excluding hydrogens is 198 g/mol. The van der Waals surface area contributed by atoms with Crippen LogP contribution in [0.1, 0.15) is 25.6 Å². The smallest absolute Gasteiger partial charge is 0.326 e. The topological polar surface area (TPSA) is 92.6 Å². The fraction of sp³-hybridized carbons (Fsp3) is 0.556. The van der Waals surface area contributed by atoms with Gasteiger partial charge in [-0.2, -0.15) is 4.98 Å². The van der Waals surface area contributed by atoms with Crippen LogP contribution in [-0.4, -0.2) is 29.1 Å². The fourth-order valence-electron chi connectivity index (χ4n) is 1.18. The zero-order chi connectivity index (χ0) is 11.4. The molecule has 0 aliphatic heterocycles. The Labute approximate surface area is 87.7 Å². The van der Waals surface area contributed by atoms with Crippen molar-refractivity contribution in [2.24, 2.45) is 5.73 Å². The van der Waals surface area contributed by atoms with E-state index in [0.29, 0.717) is 6.01 Å². The SMILES string of the molecule is CCN(CC)c1nc(C(N)C(=O)O)co1. The van der Waals surface area contributed by atoms with Crippen molar-refractivity contribution in [1.29, 1.82) is 0 Å². The molecule has 0 bridgehead atoms. The van der Waals surface area contributed by atoms with E-state index in [-0.39, 0.29) is 5.69 Å². The minimum Gasteiger partial charge on any atom is -0.480 e. The first-order chi connectivity index (χ1) is 7.10. The second-order valence-corrected chi connectivity index (χ2v) is 3.04. The number of carboxylic acids is 1. The largest absolute Gasteiger partial charge is 0.480 e. The molecule has 6 nitrogen and oxygen atoms in total. The second-order valence-electron chi connectivity index (χ2n) is 3.04. The Morgan fingerprint density at radius 2 is 2.27 bits per heavy atom. The molecule has 3 N–H and O–H groups in total. The molecule has 0 saturated heterocycles. The monoisotopic (exact) mass is 213 g/mol. The molecule has 1 unspecified atom stereocenters. The highest BCUT2D eigenvalue weighted by Gasteiger charge is 2.20. The number of hydrogen-bond donors (Lipinski definition) is 2. The van der Waals surface area contributed by atoms with Gasteiger partial charge in [-0.05, 0) is 13.8 Å². The van der Waals surface area contributed by atoms with Crippen LogP contribution in [-0.2, 0) is 4.79 Å². The number of nitrogens with zero attached hydrogens (tertiary/aromatic N) is 2. The van der Waals surface area contributed by atoms with E-state index in [1.165, 1.54) is 6.26 Å². The van der Waals surface area contributed by atoms with E-state index in [1.807, 2.05) is 18.7 Å². The number of aromatic nitrogens is 1. The number of carbonyl (C=O) groups is 1. The highest BCUT2D eigenvalue weighted by Crippen LogP contribution is 2.17. The van der Waals surface area contributed by atoms with E-state index < -0.39 is 12.0 Å². The molecule has 0 radical (unpaired) electrons. The van der Waals surface area contributed by atoms with Gasteiger partial charge in [0.25, 0.3) is 6.01 Å². The summed E-state index contributed by atoms with van der Waals surface area (Å²) >= 11 is 0. The van der Waals surface area contributed by atoms with Gasteiger partial charge in [-0.1, -0.05) is 0 Å². The van der Waals surface area contributed by atoms with E-state index in [9.17, 15) is 4.79 Å². The van der Waals surface area contributed by atoms with E-state index in [2.05, 4.69) is 4.98 Å². The summed E-state index contributed by atoms with van der Waals surface area (Å²) in [6.45, 7) is 5.42. The van der Waals surface area contributed by atoms with E-state index in [0.717, 1.165) is 13.1 Å². The van der Waals surface area contributed by atoms with Crippen molar-refractivity contribution < 1.29 is 14.3 Å². The molecule has 1 aromatic heterocycles. The summed E-state index contributed by atoms with van der Waals surface area (Å²) < 4.78 is 5.15. The molecule has 0 aliphatic rings. The van der Waals surface area contributed by atoms with E-state index in [1.54, 1.807) is 0 Å². The molecule has 1 atom stereocenters. The maximum atomic E-state index is 10.6. The van der Waals surface area contributed by atoms with Gasteiger partial charge >= 0.3 is 5.97 Å². The maximum absolute atomic E-state index is 10.6. The molecule has 15 heavy (non-hydrogen) atoms. The third kappa shape index (κ3) is 2.47. The van der Waals surface area contributed by atoms with E-state index >= 15 is 0 Å². The molecule has 0 spiro atoms. The maximum Gasteiger partial charge on any atom is 0.326 e. The normalized spacial score (nSPS) is 12.5. The average molecular weight is 213 g/mol. The molecule has 1 rings (SSSR count). The number of aliphatic carboxylic acids is 1. The summed E-state index contributed by atoms with van der Waals surface area (Å²) in [5, 5.41) is 8.68. The van der Waals surface area contributed by atoms with Gasteiger partial charge in [0.2, 0.25) is 0 Å². The van der Waals surface area contributed by atoms with Gasteiger partial charge < -0.3 is 20.2 Å². The number of nitrogens with two attached hydrogens (primary N) is 1. The Hall–Kier alpha value is -1.56. The third-order valence-electron chi connectivity index (χ3n) is 2.13. The van der Waals surface area contributed by atoms with Crippen LogP contribution in [0.25, 0.3) is 0 Å². The fourth-order valence-corrected chi connectivity index (χ4v) is 1.18. The zero-order valence-corrected chi connectivity index (χ0v) is 8.80. The lowest BCUT2D eigenvalue weighted by Crippen LogP contribution is -2.23. The van der Waals surface area contributed by atoms with Crippen molar-refractivity contribution >= 4 is 12.0 Å². The van der Waals surface area contributed by atoms with Gasteiger partial charge in [-0.25, -0.2) is 0 Å². The van der Waals surface area contributed by atoms with Crippen LogP contribution in [0.5, 0.6) is 0 Å². The van der Waals surface area contributed by atoms with Crippen LogP contribution >= 0.6 is 0 Å². The molecule has 1 heterocycles. The molecule has 0 saturated carbocycles. The minimum absolute atomic E-state index is 0.240. The predicted molar refractivity (Wildman–Crippen MR) is 54.6 cm³/mol. The van der Waals surface area contributed by atoms with Crippen molar-refractivity contribution in [3.8, 4) is 0 Å². The first kappa shape index (κ1) is 11.5. The molecular formula is C9H15N3O3. The van der Waals surface area contributed by atoms with Gasteiger partial charge in [0.15, 0.2) is 0 Å². The Morgan fingerprint density at radius 3 is 2.73 bits per heavy atom. The molecule has 1 aromatic rings. The minimum atomic E-state index is -1.13. The van der Waals surface area contributed by atoms with Crippen molar-refractivity contribution in [3.05, 3.63) is 12.0 Å². The standard InChI is InChI=1S/C9H15N3O3/c1-3-12(4-2)9-11-6(5-15-9)7(10)8(13)14/h5,7H,3-4,10H2,1-2H3,(H,13,14). The summed E-state index contributed by atoms with van der Waals surface area (Å²) in [5.74, 6) is -1.12. The molecule has 84 valence electrons. The summed E-state index contributed by atoms with van der Waals surface area (Å²) in [5.41, 5.74) is 5.63. The highest BCUT2D eigenvalue weighted by atomic mass is 16.4. The lowest BCUT2D eigenvalue weighted by Gasteiger charge is -2.14. The second kappa shape index (κ2) is 4.79. The van der Waals surface area contributed by atoms with Crippen LogP contribution in [0.2, 0.25) is 0 Å². The third-order valence-corrected chi connectivity index (χ3v) is 2.13. The van der Waals surface area contributed by atoms with Crippen molar-refractivity contribution in [3.63, 3.8) is 0 Å². The molecule has 0 amide bonds. The van der Waals surface area contributed by atoms with Crippen LogP contribution in [0.4, 0.5) is 6.01 Å². The van der Waals surface area contributed by atoms with Crippen molar-refractivity contribution in [1.82, 2.24) is 4.98 Å². The van der Waals surface area contributed by atoms with Crippen LogP contribution in [0, 0.1) is 0 Å². The number of hydrogen-bond acceptors (Lipinski definition) is 5. The Kier molecular flexibility index (Phi) is 3.68. The van der Waals surface area contributed by atoms with Gasteiger partial charge in [0.05, 0.1) is 0 Å². The first-order valence-electron chi connectivity index (χ1n) is 4.78. The van der Waals surface area contributed by atoms with Crippen LogP contribution < -0.4 is 10.6 Å². The number of anilines is 1. The van der Waals surface area contributed by atoms with Crippen molar-refractivity contribution in [2.45, 2.75) is 19.9 Å². The van der Waals surface area contributed by atoms with Gasteiger partial charge in [0.1, 0.15) is 18.0 Å². The first-order valence-corrected chi connectivity index (χ1v) is 4.78. The van der Waals surface area contributed by atoms with Gasteiger partial charge in [-0.3, -0.25) is 4.79 Å². The van der Waals surface area contributed by atoms with E-state index in [4.69, 9.17) is 15.3 Å². The van der Waals surface area contributed by atoms with Crippen LogP contribution in [0.15, 0.2) is 10.7 Å². The number of oxazole rings is 1. The molecule has 6 heteroatoms. The Morgan fingerprint density at radius 1 is 1.67 bits per heavy atom. The molecule has 0 fully saturated rings. The Bertz CT molecular complexity index is 333. The lowest BCUT2D eigenvalue weighted by atomic mass is 10.2. The van der Waals surface area contributed by atoms with Gasteiger partial charge in [0, 0.05) is 13.1 Å². The summed E-state index contributed by atoms with van der Waals surface area (Å²) in [7, 11) is 0. The zero-order valence-electron chi connectivity index (χ0n) is 8.80. The quantitative estimate of drug-likeness (QED) is 0.744. The summed E-state index contributed by atoms with van der Waals surface area (Å²) in [6.07, 6.45) is 1.28. The molecule has 0 aliphatic carbocycles. The van der Waals surface area contributed by atoms with Crippen LogP contribution in [0.3, 0.4) is 0 Å². The molecule has 0 aromatic carbocycles. The van der Waals surface area contributed by atoms with Crippen molar-refractivity contribution in [2.75, 3.05) is 18.0 Å². The highest BCUT2D eigenvalue weighted by molar-refractivity contribution is 5.74. The Balaban J connectivity index is 2.84. The predicted octanol–water partition coefficient (Wildman–Crippen LogP) is 0.605. The summed E-state index contributed by atoms with van der Waals surface area (Å²) in [6, 6.07) is -0.718. The lowest BCUT2D eigenvalue weighted by molar-refractivity contribution is -0.138. The number of carboxylic acid groups (broad SMARTS) is 1. The summed E-state index contributed by atoms with van der Waals surface area (Å²) in [4.78, 5) is 16.5. The number of rotatable bonds is 5. The average Bonchev–Trinajstić information content (AvgIpc) is 2.67.